The van der Waals surface area contributed by atoms with Gasteiger partial charge in [-0.15, -0.1) is 11.3 Å². The molecule has 0 aliphatic rings. The third-order valence-electron chi connectivity index (χ3n) is 3.60. The first kappa shape index (κ1) is 18.9. The third-order valence-corrected chi connectivity index (χ3v) is 4.58. The Hall–Kier alpha value is -2.41. The second-order valence-corrected chi connectivity index (χ2v) is 6.99. The molecule has 0 saturated heterocycles. The summed E-state index contributed by atoms with van der Waals surface area (Å²) in [5, 5.41) is 19.6. The van der Waals surface area contributed by atoms with Crippen LogP contribution in [0.15, 0.2) is 46.8 Å². The van der Waals surface area contributed by atoms with Gasteiger partial charge in [0.25, 0.3) is 5.69 Å². The molecular weight excluding hydrogens is 336 g/mol. The van der Waals surface area contributed by atoms with Crippen molar-refractivity contribution in [3.05, 3.63) is 62.3 Å². The van der Waals surface area contributed by atoms with E-state index in [1.54, 1.807) is 23.5 Å². The van der Waals surface area contributed by atoms with Gasteiger partial charge in [-0.1, -0.05) is 25.1 Å². The lowest BCUT2D eigenvalue weighted by molar-refractivity contribution is -0.384. The Kier molecular flexibility index (Phi) is 6.94. The number of aliphatic imine (C=N–C) groups is 1. The van der Waals surface area contributed by atoms with Crippen molar-refractivity contribution in [2.24, 2.45) is 4.99 Å². The van der Waals surface area contributed by atoms with Crippen LogP contribution < -0.4 is 10.6 Å². The minimum Gasteiger partial charge on any atom is -0.354 e. The summed E-state index contributed by atoms with van der Waals surface area (Å²) in [6.45, 7) is 6.73. The fourth-order valence-electron chi connectivity index (χ4n) is 2.33. The highest BCUT2D eigenvalue weighted by Gasteiger charge is 2.13. The summed E-state index contributed by atoms with van der Waals surface area (Å²) in [6.07, 6.45) is 0.955. The molecule has 0 amide bonds. The smallest absolute Gasteiger partial charge is 0.269 e. The van der Waals surface area contributed by atoms with Crippen molar-refractivity contribution in [1.82, 2.24) is 10.6 Å². The third kappa shape index (κ3) is 5.86. The Morgan fingerprint density at radius 3 is 2.48 bits per heavy atom. The monoisotopic (exact) mass is 360 g/mol. The quantitative estimate of drug-likeness (QED) is 0.335. The first-order valence-corrected chi connectivity index (χ1v) is 9.21. The normalized spacial score (nSPS) is 12.9. The highest BCUT2D eigenvalue weighted by Crippen LogP contribution is 2.21. The first-order valence-electron chi connectivity index (χ1n) is 8.33. The molecule has 0 bridgehead atoms. The zero-order valence-corrected chi connectivity index (χ0v) is 15.5. The van der Waals surface area contributed by atoms with Crippen LogP contribution in [0.3, 0.4) is 0 Å². The number of hydrogen-bond donors (Lipinski definition) is 2. The molecule has 0 spiro atoms. The summed E-state index contributed by atoms with van der Waals surface area (Å²) in [5.74, 6) is 0.744. The van der Waals surface area contributed by atoms with Crippen LogP contribution in [-0.2, 0) is 6.54 Å². The van der Waals surface area contributed by atoms with E-state index in [9.17, 15) is 10.1 Å². The van der Waals surface area contributed by atoms with Crippen LogP contribution in [0.4, 0.5) is 5.69 Å². The van der Waals surface area contributed by atoms with Crippen molar-refractivity contribution in [1.29, 1.82) is 0 Å². The molecule has 7 heteroatoms. The molecular formula is C18H24N4O2S. The molecule has 0 aliphatic heterocycles. The van der Waals surface area contributed by atoms with Crippen LogP contribution in [0.5, 0.6) is 0 Å². The molecule has 0 saturated carbocycles. The van der Waals surface area contributed by atoms with Gasteiger partial charge in [0.1, 0.15) is 0 Å². The highest BCUT2D eigenvalue weighted by molar-refractivity contribution is 7.10. The van der Waals surface area contributed by atoms with Crippen LogP contribution in [-0.4, -0.2) is 16.9 Å². The lowest BCUT2D eigenvalue weighted by Gasteiger charge is -2.21. The fourth-order valence-corrected chi connectivity index (χ4v) is 3.19. The number of guanidine groups is 1. The average molecular weight is 360 g/mol. The van der Waals surface area contributed by atoms with Crippen LogP contribution in [0.1, 0.15) is 43.7 Å². The predicted molar refractivity (Wildman–Crippen MR) is 103 cm³/mol. The molecule has 2 N–H and O–H groups in total. The summed E-state index contributed by atoms with van der Waals surface area (Å²) >= 11 is 1.73. The van der Waals surface area contributed by atoms with Gasteiger partial charge < -0.3 is 10.6 Å². The minimum atomic E-state index is -0.396. The molecule has 1 unspecified atom stereocenters. The number of nitrogens with zero attached hydrogens (tertiary/aromatic N) is 2. The SMILES string of the molecule is CCC(NC(=NCc1ccc([N+](=O)[O-])cc1)NC(C)C)c1cccs1. The van der Waals surface area contributed by atoms with E-state index in [2.05, 4.69) is 47.8 Å². The van der Waals surface area contributed by atoms with Gasteiger partial charge in [-0.3, -0.25) is 10.1 Å². The number of thiophene rings is 1. The Morgan fingerprint density at radius 2 is 1.96 bits per heavy atom. The molecule has 1 heterocycles. The first-order chi connectivity index (χ1) is 12.0. The molecule has 1 aromatic carbocycles. The van der Waals surface area contributed by atoms with Gasteiger partial charge in [-0.25, -0.2) is 4.99 Å². The van der Waals surface area contributed by atoms with Crippen molar-refractivity contribution in [3.8, 4) is 0 Å². The largest absolute Gasteiger partial charge is 0.354 e. The molecule has 0 fully saturated rings. The highest BCUT2D eigenvalue weighted by atomic mass is 32.1. The minimum absolute atomic E-state index is 0.0927. The maximum absolute atomic E-state index is 10.7. The van der Waals surface area contributed by atoms with Crippen LogP contribution >= 0.6 is 11.3 Å². The number of benzene rings is 1. The lowest BCUT2D eigenvalue weighted by atomic mass is 10.2. The van der Waals surface area contributed by atoms with Gasteiger partial charge in [0.2, 0.25) is 0 Å². The van der Waals surface area contributed by atoms with Crippen LogP contribution in [0, 0.1) is 10.1 Å². The zero-order valence-electron chi connectivity index (χ0n) is 14.7. The van der Waals surface area contributed by atoms with Gasteiger partial charge in [0.05, 0.1) is 17.5 Å². The van der Waals surface area contributed by atoms with Crippen molar-refractivity contribution >= 4 is 23.0 Å². The van der Waals surface area contributed by atoms with E-state index in [-0.39, 0.29) is 17.8 Å². The molecule has 134 valence electrons. The van der Waals surface area contributed by atoms with Crippen molar-refractivity contribution in [2.45, 2.75) is 45.8 Å². The molecule has 1 aromatic heterocycles. The summed E-state index contributed by atoms with van der Waals surface area (Å²) < 4.78 is 0. The van der Waals surface area contributed by atoms with E-state index in [0.717, 1.165) is 17.9 Å². The topological polar surface area (TPSA) is 79.6 Å². The summed E-state index contributed by atoms with van der Waals surface area (Å²) in [7, 11) is 0. The number of rotatable bonds is 7. The van der Waals surface area contributed by atoms with Gasteiger partial charge in [0, 0.05) is 23.1 Å². The van der Waals surface area contributed by atoms with Gasteiger partial charge in [-0.05, 0) is 37.3 Å². The maximum Gasteiger partial charge on any atom is 0.269 e. The van der Waals surface area contributed by atoms with E-state index >= 15 is 0 Å². The predicted octanol–water partition coefficient (Wildman–Crippen LogP) is 4.25. The lowest BCUT2D eigenvalue weighted by Crippen LogP contribution is -2.42. The maximum atomic E-state index is 10.7. The van der Waals surface area contributed by atoms with Crippen molar-refractivity contribution in [3.63, 3.8) is 0 Å². The number of nitro groups is 1. The van der Waals surface area contributed by atoms with Gasteiger partial charge in [0.15, 0.2) is 5.96 Å². The van der Waals surface area contributed by atoms with Crippen molar-refractivity contribution < 1.29 is 4.92 Å². The molecule has 1 atom stereocenters. The van der Waals surface area contributed by atoms with Crippen molar-refractivity contribution in [2.75, 3.05) is 0 Å². The van der Waals surface area contributed by atoms with E-state index in [1.807, 2.05) is 6.07 Å². The van der Waals surface area contributed by atoms with E-state index in [4.69, 9.17) is 0 Å². The molecule has 2 aromatic rings. The van der Waals surface area contributed by atoms with Gasteiger partial charge in [-0.2, -0.15) is 0 Å². The second kappa shape index (κ2) is 9.17. The van der Waals surface area contributed by atoms with Gasteiger partial charge >= 0.3 is 0 Å². The summed E-state index contributed by atoms with van der Waals surface area (Å²) in [4.78, 5) is 16.2. The fraction of sp³-hybridized carbons (Fsp3) is 0.389. The average Bonchev–Trinajstić information content (AvgIpc) is 3.11. The Morgan fingerprint density at radius 1 is 1.24 bits per heavy atom. The molecule has 25 heavy (non-hydrogen) atoms. The number of non-ortho nitro benzene ring substituents is 1. The van der Waals surface area contributed by atoms with E-state index < -0.39 is 4.92 Å². The Balaban J connectivity index is 2.09. The molecule has 0 aliphatic carbocycles. The van der Waals surface area contributed by atoms with E-state index in [1.165, 1.54) is 17.0 Å². The Bertz CT molecular complexity index is 696. The second-order valence-electron chi connectivity index (χ2n) is 6.01. The Labute approximate surface area is 152 Å². The number of nitrogens with one attached hydrogen (secondary N) is 2. The summed E-state index contributed by atoms with van der Waals surface area (Å²) in [5.41, 5.74) is 1.02. The zero-order chi connectivity index (χ0) is 18.2. The summed E-state index contributed by atoms with van der Waals surface area (Å²) in [6, 6.07) is 11.1. The van der Waals surface area contributed by atoms with E-state index in [0.29, 0.717) is 6.54 Å². The van der Waals surface area contributed by atoms with Crippen LogP contribution in [0.2, 0.25) is 0 Å². The molecule has 0 radical (unpaired) electrons. The van der Waals surface area contributed by atoms with Crippen LogP contribution in [0.25, 0.3) is 0 Å². The molecule has 6 nitrogen and oxygen atoms in total. The molecule has 2 rings (SSSR count). The number of hydrogen-bond acceptors (Lipinski definition) is 4. The number of nitro benzene ring substituents is 1. The standard InChI is InChI=1S/C18H24N4O2S/c1-4-16(17-6-5-11-25-17)21-18(20-13(2)3)19-12-14-7-9-15(10-8-14)22(23)24/h5-11,13,16H,4,12H2,1-3H3,(H2,19,20,21).